The molecular formula is C8H4N4. The molecule has 4 heteroatoms. The molecule has 56 valence electrons. The van der Waals surface area contributed by atoms with Crippen LogP contribution < -0.4 is 9.86 Å². The van der Waals surface area contributed by atoms with Gasteiger partial charge in [-0.1, -0.05) is 4.52 Å². The predicted molar refractivity (Wildman–Crippen MR) is 40.5 cm³/mol. The zero-order valence-corrected chi connectivity index (χ0v) is 6.10. The van der Waals surface area contributed by atoms with E-state index in [1.807, 2.05) is 11.9 Å². The molecule has 0 aromatic carbocycles. The van der Waals surface area contributed by atoms with Gasteiger partial charge in [-0.3, -0.25) is 0 Å². The van der Waals surface area contributed by atoms with E-state index in [2.05, 4.69) is 0 Å². The molecule has 2 rings (SSSR count). The average molecular weight is 156 g/mol. The molecular weight excluding hydrogens is 152 g/mol. The van der Waals surface area contributed by atoms with Gasteiger partial charge in [-0.15, -0.1) is 4.52 Å². The molecule has 0 aliphatic heterocycles. The molecule has 2 aromatic heterocycles. The number of nitrogens with zero attached hydrogens (tertiary/aromatic N) is 4. The fourth-order valence-electron chi connectivity index (χ4n) is 1.17. The molecule has 2 heterocycles. The van der Waals surface area contributed by atoms with E-state index in [4.69, 9.17) is 10.7 Å². The highest BCUT2D eigenvalue weighted by Crippen LogP contribution is 1.88. The first-order chi connectivity index (χ1) is 5.86. The quantitative estimate of drug-likeness (QED) is 0.357. The van der Waals surface area contributed by atoms with Gasteiger partial charge in [-0.05, 0) is 0 Å². The molecule has 12 heavy (non-hydrogen) atoms. The van der Waals surface area contributed by atoms with Gasteiger partial charge in [-0.25, -0.2) is 0 Å². The maximum absolute atomic E-state index is 8.67. The van der Waals surface area contributed by atoms with Crippen molar-refractivity contribution in [3.05, 3.63) is 41.0 Å². The van der Waals surface area contributed by atoms with Crippen LogP contribution in [0.3, 0.4) is 0 Å². The van der Waals surface area contributed by atoms with Crippen LogP contribution in [-0.2, 0) is 0 Å². The number of nitriles is 1. The minimum atomic E-state index is 0.469. The molecule has 0 amide bonds. The number of aromatic nitrogens is 2. The van der Waals surface area contributed by atoms with E-state index in [-0.39, 0.29) is 0 Å². The van der Waals surface area contributed by atoms with Crippen LogP contribution in [0.15, 0.2) is 24.5 Å². The topological polar surface area (TPSA) is 54.6 Å². The lowest BCUT2D eigenvalue weighted by molar-refractivity contribution is -0.625. The summed E-state index contributed by atoms with van der Waals surface area (Å²) in [6.45, 7) is 0. The summed E-state index contributed by atoms with van der Waals surface area (Å²) in [5.41, 5.74) is 0.469. The summed E-state index contributed by atoms with van der Waals surface area (Å²) in [6.07, 6.45) is 3.47. The maximum atomic E-state index is 8.67. The lowest BCUT2D eigenvalue weighted by Crippen LogP contribution is -2.40. The second-order valence-corrected chi connectivity index (χ2v) is 2.32. The van der Waals surface area contributed by atoms with Gasteiger partial charge in [0.15, 0.2) is 5.69 Å². The van der Waals surface area contributed by atoms with Crippen molar-refractivity contribution in [2.75, 3.05) is 0 Å². The Balaban J connectivity index is 3.11. The Morgan fingerprint density at radius 3 is 3.08 bits per heavy atom. The van der Waals surface area contributed by atoms with E-state index < -0.39 is 0 Å². The normalized spacial score (nSPS) is 9.58. The second kappa shape index (κ2) is 2.19. The van der Waals surface area contributed by atoms with E-state index in [1.165, 1.54) is 0 Å². The highest BCUT2D eigenvalue weighted by atomic mass is 15.3. The minimum Gasteiger partial charge on any atom is -0.758 e. The van der Waals surface area contributed by atoms with Crippen molar-refractivity contribution in [3.63, 3.8) is 0 Å². The molecule has 0 fully saturated rings. The minimum absolute atomic E-state index is 0.469. The maximum Gasteiger partial charge on any atom is 0.259 e. The Kier molecular flexibility index (Phi) is 1.20. The number of fused-ring (bicyclic) bond motifs is 1. The molecule has 2 aromatic rings. The summed E-state index contributed by atoms with van der Waals surface area (Å²) < 4.78 is 3.25. The van der Waals surface area contributed by atoms with Crippen molar-refractivity contribution >= 4 is 5.87 Å². The molecule has 0 atom stereocenters. The monoisotopic (exact) mass is 156 g/mol. The molecule has 0 aliphatic carbocycles. The molecule has 0 N–H and O–H groups in total. The zero-order valence-electron chi connectivity index (χ0n) is 6.10. The van der Waals surface area contributed by atoms with Gasteiger partial charge in [-0.2, -0.15) is 11.1 Å². The third-order valence-corrected chi connectivity index (χ3v) is 1.68. The molecule has 0 aliphatic rings. The molecule has 0 bridgehead atoms. The summed E-state index contributed by atoms with van der Waals surface area (Å²) >= 11 is 0. The first kappa shape index (κ1) is 6.59. The van der Waals surface area contributed by atoms with Crippen LogP contribution in [0.1, 0.15) is 5.69 Å². The van der Waals surface area contributed by atoms with E-state index in [0.717, 1.165) is 0 Å². The summed E-state index contributed by atoms with van der Waals surface area (Å²) in [5, 5.41) is 17.8. The van der Waals surface area contributed by atoms with E-state index in [1.54, 1.807) is 33.6 Å². The van der Waals surface area contributed by atoms with Crippen molar-refractivity contribution in [1.82, 2.24) is 4.52 Å². The smallest absolute Gasteiger partial charge is 0.259 e. The summed E-state index contributed by atoms with van der Waals surface area (Å²) in [4.78, 5) is 0. The predicted octanol–water partition coefficient (Wildman–Crippen LogP) is -0.974. The number of hydrogen-bond acceptors (Lipinski definition) is 1. The highest BCUT2D eigenvalue weighted by molar-refractivity contribution is 5.52. The van der Waals surface area contributed by atoms with Crippen LogP contribution >= 0.6 is 0 Å². The van der Waals surface area contributed by atoms with E-state index in [0.29, 0.717) is 11.0 Å². The van der Waals surface area contributed by atoms with Crippen molar-refractivity contribution in [1.29, 1.82) is 5.26 Å². The molecule has 0 saturated carbocycles. The number of hydrogen-bond donors (Lipinski definition) is 0. The van der Waals surface area contributed by atoms with Gasteiger partial charge in [0.25, 0.3) is 5.35 Å². The molecule has 0 spiro atoms. The first-order valence-corrected chi connectivity index (χ1v) is 3.35. The third-order valence-electron chi connectivity index (χ3n) is 1.68. The van der Waals surface area contributed by atoms with Crippen LogP contribution in [0, 0.1) is 11.3 Å². The highest BCUT2D eigenvalue weighted by Gasteiger charge is 2.09. The Bertz CT molecular complexity index is 539. The average Bonchev–Trinajstić information content (AvgIpc) is 2.63. The number of rotatable bonds is 0. The SMILES string of the molecule is N#Cc1cc(=C=[N-])[n+]2cccn12. The Labute approximate surface area is 68.1 Å². The lowest BCUT2D eigenvalue weighted by Gasteiger charge is -1.74. The summed E-state index contributed by atoms with van der Waals surface area (Å²) in [6, 6.07) is 5.34. The van der Waals surface area contributed by atoms with E-state index >= 15 is 0 Å². The van der Waals surface area contributed by atoms with Gasteiger partial charge in [0.05, 0.1) is 12.3 Å². The molecule has 0 radical (unpaired) electrons. The second-order valence-electron chi connectivity index (χ2n) is 2.32. The van der Waals surface area contributed by atoms with Crippen molar-refractivity contribution in [3.8, 4) is 6.07 Å². The van der Waals surface area contributed by atoms with Gasteiger partial charge in [0.1, 0.15) is 6.07 Å². The Morgan fingerprint density at radius 1 is 1.58 bits per heavy atom. The van der Waals surface area contributed by atoms with Crippen LogP contribution in [0.4, 0.5) is 0 Å². The van der Waals surface area contributed by atoms with E-state index in [9.17, 15) is 0 Å². The Morgan fingerprint density at radius 2 is 2.42 bits per heavy atom. The van der Waals surface area contributed by atoms with Crippen LogP contribution in [0.2, 0.25) is 0 Å². The van der Waals surface area contributed by atoms with Crippen LogP contribution in [0.25, 0.3) is 5.41 Å². The Hall–Kier alpha value is -2.11. The molecule has 0 saturated heterocycles. The van der Waals surface area contributed by atoms with Gasteiger partial charge < -0.3 is 5.41 Å². The summed E-state index contributed by atoms with van der Waals surface area (Å²) in [5.74, 6) is 2.00. The van der Waals surface area contributed by atoms with Gasteiger partial charge in [0.2, 0.25) is 6.20 Å². The van der Waals surface area contributed by atoms with Crippen molar-refractivity contribution in [2.45, 2.75) is 0 Å². The van der Waals surface area contributed by atoms with Gasteiger partial charge >= 0.3 is 0 Å². The van der Waals surface area contributed by atoms with Crippen LogP contribution in [0.5, 0.6) is 0 Å². The third kappa shape index (κ3) is 0.656. The fraction of sp³-hybridized carbons (Fsp3) is 0. The van der Waals surface area contributed by atoms with Crippen LogP contribution in [-0.4, -0.2) is 10.4 Å². The molecule has 0 unspecified atom stereocenters. The lowest BCUT2D eigenvalue weighted by atomic mass is 10.4. The van der Waals surface area contributed by atoms with Gasteiger partial charge in [0, 0.05) is 6.07 Å². The standard InChI is InChI=1S/C8H4N4/c9-5-7-4-8(6-10)12-3-1-2-11(7)12/h1-4H. The zero-order chi connectivity index (χ0) is 8.55. The first-order valence-electron chi connectivity index (χ1n) is 3.35. The molecule has 4 nitrogen and oxygen atoms in total. The van der Waals surface area contributed by atoms with Crippen molar-refractivity contribution < 1.29 is 4.52 Å². The summed E-state index contributed by atoms with van der Waals surface area (Å²) in [7, 11) is 0. The fourth-order valence-corrected chi connectivity index (χ4v) is 1.17. The van der Waals surface area contributed by atoms with Crippen molar-refractivity contribution in [2.24, 2.45) is 0 Å². The largest absolute Gasteiger partial charge is 0.758 e.